The van der Waals surface area contributed by atoms with E-state index in [4.69, 9.17) is 4.74 Å². The van der Waals surface area contributed by atoms with Gasteiger partial charge in [0, 0.05) is 23.5 Å². The van der Waals surface area contributed by atoms with Gasteiger partial charge in [0.15, 0.2) is 0 Å². The molecule has 0 saturated heterocycles. The van der Waals surface area contributed by atoms with E-state index in [-0.39, 0.29) is 10.6 Å². The van der Waals surface area contributed by atoms with Gasteiger partial charge in [0.1, 0.15) is 5.75 Å². The lowest BCUT2D eigenvalue weighted by atomic mass is 10.1. The van der Waals surface area contributed by atoms with Gasteiger partial charge in [-0.2, -0.15) is 0 Å². The normalized spacial score (nSPS) is 11.0. The summed E-state index contributed by atoms with van der Waals surface area (Å²) in [5.74, 6) is 0.790. The van der Waals surface area contributed by atoms with E-state index in [9.17, 15) is 10.1 Å². The lowest BCUT2D eigenvalue weighted by molar-refractivity contribution is -0.385. The van der Waals surface area contributed by atoms with Gasteiger partial charge >= 0.3 is 0 Å². The molecule has 0 amide bonds. The van der Waals surface area contributed by atoms with Crippen molar-refractivity contribution in [1.82, 2.24) is 4.57 Å². The third kappa shape index (κ3) is 3.49. The number of benzene rings is 2. The molecule has 6 nitrogen and oxygen atoms in total. The molecule has 0 N–H and O–H groups in total. The summed E-state index contributed by atoms with van der Waals surface area (Å²) in [6, 6.07) is 14.9. The third-order valence-corrected chi connectivity index (χ3v) is 4.30. The minimum Gasteiger partial charge on any atom is -0.497 e. The summed E-state index contributed by atoms with van der Waals surface area (Å²) < 4.78 is 7.17. The standard InChI is InChI=1S/C20H19N3O3/c1-14-11-16(12-20(15(14)2)23(24)25)21-13-18-5-4-10-22(18)17-6-8-19(26-3)9-7-17/h4-13H,1-3H3. The molecule has 132 valence electrons. The molecule has 6 heteroatoms. The van der Waals surface area contributed by atoms with Crippen molar-refractivity contribution in [3.8, 4) is 11.4 Å². The fourth-order valence-electron chi connectivity index (χ4n) is 2.70. The quantitative estimate of drug-likeness (QED) is 0.379. The number of nitro groups is 1. The van der Waals surface area contributed by atoms with Crippen molar-refractivity contribution >= 4 is 17.6 Å². The molecule has 0 bridgehead atoms. The van der Waals surface area contributed by atoms with Crippen molar-refractivity contribution in [3.63, 3.8) is 0 Å². The Balaban J connectivity index is 1.93. The Morgan fingerprint density at radius 1 is 1.15 bits per heavy atom. The minimum atomic E-state index is -0.374. The number of aromatic nitrogens is 1. The van der Waals surface area contributed by atoms with Crippen molar-refractivity contribution < 1.29 is 9.66 Å². The molecule has 2 aromatic carbocycles. The molecule has 1 aromatic heterocycles. The number of nitrogens with zero attached hydrogens (tertiary/aromatic N) is 3. The molecule has 3 aromatic rings. The summed E-state index contributed by atoms with van der Waals surface area (Å²) >= 11 is 0. The van der Waals surface area contributed by atoms with Crippen LogP contribution in [0.25, 0.3) is 5.69 Å². The summed E-state index contributed by atoms with van der Waals surface area (Å²) in [6.45, 7) is 3.59. The first-order chi connectivity index (χ1) is 12.5. The van der Waals surface area contributed by atoms with Crippen LogP contribution >= 0.6 is 0 Å². The lowest BCUT2D eigenvalue weighted by Gasteiger charge is -2.07. The van der Waals surface area contributed by atoms with Crippen LogP contribution in [-0.4, -0.2) is 22.8 Å². The van der Waals surface area contributed by atoms with E-state index in [1.54, 1.807) is 20.2 Å². The molecule has 3 rings (SSSR count). The van der Waals surface area contributed by atoms with Crippen LogP contribution in [0.4, 0.5) is 11.4 Å². The zero-order valence-electron chi connectivity index (χ0n) is 14.8. The van der Waals surface area contributed by atoms with Crippen molar-refractivity contribution in [1.29, 1.82) is 0 Å². The molecule has 0 aliphatic rings. The first-order valence-corrected chi connectivity index (χ1v) is 8.11. The first kappa shape index (κ1) is 17.4. The summed E-state index contributed by atoms with van der Waals surface area (Å²) in [7, 11) is 1.63. The number of ether oxygens (including phenoxy) is 1. The topological polar surface area (TPSA) is 69.7 Å². The Bertz CT molecular complexity index is 972. The summed E-state index contributed by atoms with van der Waals surface area (Å²) in [5.41, 5.74) is 4.00. The number of hydrogen-bond acceptors (Lipinski definition) is 4. The maximum Gasteiger partial charge on any atom is 0.274 e. The molecule has 0 spiro atoms. The monoisotopic (exact) mass is 349 g/mol. The second kappa shape index (κ2) is 7.23. The van der Waals surface area contributed by atoms with Gasteiger partial charge in [-0.25, -0.2) is 0 Å². The molecule has 26 heavy (non-hydrogen) atoms. The predicted molar refractivity (Wildman–Crippen MR) is 102 cm³/mol. The van der Waals surface area contributed by atoms with E-state index in [2.05, 4.69) is 4.99 Å². The molecule has 1 heterocycles. The average molecular weight is 349 g/mol. The highest BCUT2D eigenvalue weighted by atomic mass is 16.6. The summed E-state index contributed by atoms with van der Waals surface area (Å²) in [4.78, 5) is 15.3. The van der Waals surface area contributed by atoms with E-state index in [0.717, 1.165) is 22.7 Å². The Morgan fingerprint density at radius 3 is 2.54 bits per heavy atom. The molecule has 0 aliphatic carbocycles. The highest BCUT2D eigenvalue weighted by molar-refractivity contribution is 5.81. The van der Waals surface area contributed by atoms with Gasteiger partial charge in [-0.05, 0) is 61.9 Å². The molecule has 0 saturated carbocycles. The first-order valence-electron chi connectivity index (χ1n) is 8.11. The lowest BCUT2D eigenvalue weighted by Crippen LogP contribution is -1.98. The zero-order chi connectivity index (χ0) is 18.7. The van der Waals surface area contributed by atoms with Crippen LogP contribution in [0.2, 0.25) is 0 Å². The average Bonchev–Trinajstić information content (AvgIpc) is 3.11. The maximum absolute atomic E-state index is 11.2. The number of methoxy groups -OCH3 is 1. The van der Waals surface area contributed by atoms with Crippen LogP contribution in [0.5, 0.6) is 5.75 Å². The van der Waals surface area contributed by atoms with Crippen LogP contribution in [-0.2, 0) is 0 Å². The van der Waals surface area contributed by atoms with Gasteiger partial charge in [-0.3, -0.25) is 15.1 Å². The van der Waals surface area contributed by atoms with E-state index in [1.165, 1.54) is 6.07 Å². The van der Waals surface area contributed by atoms with Crippen LogP contribution in [0.3, 0.4) is 0 Å². The van der Waals surface area contributed by atoms with E-state index < -0.39 is 0 Å². The molecule has 0 radical (unpaired) electrons. The Morgan fingerprint density at radius 2 is 1.88 bits per heavy atom. The second-order valence-corrected chi connectivity index (χ2v) is 5.92. The summed E-state index contributed by atoms with van der Waals surface area (Å²) in [6.07, 6.45) is 3.64. The van der Waals surface area contributed by atoms with Crippen LogP contribution in [0, 0.1) is 24.0 Å². The van der Waals surface area contributed by atoms with Gasteiger partial charge in [-0.15, -0.1) is 0 Å². The fourth-order valence-corrected chi connectivity index (χ4v) is 2.70. The fraction of sp³-hybridized carbons (Fsp3) is 0.150. The molecule has 0 aliphatic heterocycles. The highest BCUT2D eigenvalue weighted by Gasteiger charge is 2.13. The van der Waals surface area contributed by atoms with Gasteiger partial charge in [0.2, 0.25) is 0 Å². The predicted octanol–water partition coefficient (Wildman–Crippen LogP) is 4.76. The van der Waals surface area contributed by atoms with Crippen LogP contribution in [0.1, 0.15) is 16.8 Å². The van der Waals surface area contributed by atoms with Crippen molar-refractivity contribution in [2.45, 2.75) is 13.8 Å². The number of aliphatic imine (C=N–C) groups is 1. The number of rotatable bonds is 5. The molecule has 0 fully saturated rings. The van der Waals surface area contributed by atoms with Crippen molar-refractivity contribution in [2.24, 2.45) is 4.99 Å². The van der Waals surface area contributed by atoms with E-state index in [1.807, 2.05) is 60.2 Å². The van der Waals surface area contributed by atoms with Crippen LogP contribution < -0.4 is 4.74 Å². The molecular formula is C20H19N3O3. The van der Waals surface area contributed by atoms with Crippen molar-refractivity contribution in [3.05, 3.63) is 81.7 Å². The van der Waals surface area contributed by atoms with Gasteiger partial charge < -0.3 is 9.30 Å². The van der Waals surface area contributed by atoms with Gasteiger partial charge in [0.05, 0.1) is 29.6 Å². The molecular weight excluding hydrogens is 330 g/mol. The number of nitro benzene ring substituents is 1. The van der Waals surface area contributed by atoms with E-state index in [0.29, 0.717) is 11.3 Å². The smallest absolute Gasteiger partial charge is 0.274 e. The van der Waals surface area contributed by atoms with Crippen LogP contribution in [0.15, 0.2) is 59.7 Å². The maximum atomic E-state index is 11.2. The van der Waals surface area contributed by atoms with Crippen molar-refractivity contribution in [2.75, 3.05) is 7.11 Å². The van der Waals surface area contributed by atoms with Gasteiger partial charge in [-0.1, -0.05) is 0 Å². The Labute approximate surface area is 151 Å². The second-order valence-electron chi connectivity index (χ2n) is 5.92. The largest absolute Gasteiger partial charge is 0.497 e. The number of hydrogen-bond donors (Lipinski definition) is 0. The molecule has 0 unspecified atom stereocenters. The summed E-state index contributed by atoms with van der Waals surface area (Å²) in [5, 5.41) is 11.2. The Kier molecular flexibility index (Phi) is 4.84. The Hall–Kier alpha value is -3.41. The minimum absolute atomic E-state index is 0.0858. The SMILES string of the molecule is COc1ccc(-n2cccc2C=Nc2cc(C)c(C)c([N+](=O)[O-])c2)cc1. The van der Waals surface area contributed by atoms with Gasteiger partial charge in [0.25, 0.3) is 5.69 Å². The highest BCUT2D eigenvalue weighted by Crippen LogP contribution is 2.28. The van der Waals surface area contributed by atoms with E-state index >= 15 is 0 Å². The third-order valence-electron chi connectivity index (χ3n) is 4.30. The molecule has 0 atom stereocenters. The zero-order valence-corrected chi connectivity index (χ0v) is 14.8. The number of aryl methyl sites for hydroxylation is 1.